The molecule has 0 unspecified atom stereocenters. The Morgan fingerprint density at radius 1 is 1.23 bits per heavy atom. The molecule has 2 heterocycles. The van der Waals surface area contributed by atoms with E-state index in [4.69, 9.17) is 11.6 Å². The summed E-state index contributed by atoms with van der Waals surface area (Å²) >= 11 is 11.1. The van der Waals surface area contributed by atoms with Crippen LogP contribution < -0.4 is 5.32 Å². The van der Waals surface area contributed by atoms with Crippen molar-refractivity contribution in [1.29, 1.82) is 0 Å². The molecule has 0 amide bonds. The summed E-state index contributed by atoms with van der Waals surface area (Å²) < 4.78 is 1.11. The van der Waals surface area contributed by atoms with Gasteiger partial charge < -0.3 is 5.32 Å². The maximum Gasteiger partial charge on any atom is 0.225 e. The van der Waals surface area contributed by atoms with Crippen LogP contribution in [0.25, 0.3) is 10.2 Å². The van der Waals surface area contributed by atoms with E-state index in [0.717, 1.165) is 39.9 Å². The minimum absolute atomic E-state index is 0.296. The van der Waals surface area contributed by atoms with Crippen molar-refractivity contribution in [3.05, 3.63) is 50.5 Å². The van der Waals surface area contributed by atoms with Gasteiger partial charge in [0.25, 0.3) is 0 Å². The van der Waals surface area contributed by atoms with E-state index in [0.29, 0.717) is 5.28 Å². The number of fused-ring (bicyclic) bond motifs is 1. The fourth-order valence-corrected chi connectivity index (χ4v) is 3.66. The summed E-state index contributed by atoms with van der Waals surface area (Å²) in [5.41, 5.74) is 1.34. The van der Waals surface area contributed by atoms with Gasteiger partial charge in [-0.25, -0.2) is 9.97 Å². The molecular weight excluding hydrogens is 382 g/mol. The lowest BCUT2D eigenvalue weighted by molar-refractivity contribution is 0.859. The normalized spacial score (nSPS) is 11.0. The average molecular weight is 397 g/mol. The summed E-state index contributed by atoms with van der Waals surface area (Å²) in [7, 11) is 0. The molecule has 3 rings (SSSR count). The Bertz CT molecular complexity index is 786. The number of hydrogen-bond donors (Lipinski definition) is 1. The predicted molar refractivity (Wildman–Crippen MR) is 98.1 cm³/mol. The van der Waals surface area contributed by atoms with E-state index in [1.54, 1.807) is 11.3 Å². The molecule has 0 bridgehead atoms. The number of rotatable bonds is 5. The van der Waals surface area contributed by atoms with Crippen LogP contribution in [0.4, 0.5) is 5.82 Å². The van der Waals surface area contributed by atoms with Crippen LogP contribution in [0.5, 0.6) is 0 Å². The number of hydrogen-bond acceptors (Lipinski definition) is 4. The van der Waals surface area contributed by atoms with E-state index in [9.17, 15) is 0 Å². The highest BCUT2D eigenvalue weighted by molar-refractivity contribution is 9.10. The highest BCUT2D eigenvalue weighted by Crippen LogP contribution is 2.29. The first-order valence-electron chi connectivity index (χ1n) is 7.04. The molecule has 114 valence electrons. The maximum absolute atomic E-state index is 6.00. The van der Waals surface area contributed by atoms with Crippen LogP contribution in [0.2, 0.25) is 5.28 Å². The zero-order chi connectivity index (χ0) is 15.5. The third-order valence-electron chi connectivity index (χ3n) is 3.34. The monoisotopic (exact) mass is 395 g/mol. The molecule has 0 aliphatic rings. The second kappa shape index (κ2) is 6.94. The molecule has 1 aromatic carbocycles. The van der Waals surface area contributed by atoms with Crippen molar-refractivity contribution < 1.29 is 0 Å². The SMILES string of the molecule is Cc1cc2c(NCCCc3ccc(Br)cc3)nc(Cl)nc2s1. The standard InChI is InChI=1S/C16H15BrClN3S/c1-10-9-13-14(20-16(18)21-15(13)22-10)19-8-2-3-11-4-6-12(17)7-5-11/h4-7,9H,2-3,8H2,1H3,(H,19,20,21). The van der Waals surface area contributed by atoms with Gasteiger partial charge in [0, 0.05) is 15.9 Å². The average Bonchev–Trinajstić information content (AvgIpc) is 2.85. The molecule has 0 aliphatic heterocycles. The first-order valence-corrected chi connectivity index (χ1v) is 9.02. The topological polar surface area (TPSA) is 37.8 Å². The van der Waals surface area contributed by atoms with Crippen molar-refractivity contribution >= 4 is 54.9 Å². The molecule has 3 aromatic rings. The van der Waals surface area contributed by atoms with Crippen molar-refractivity contribution in [3.8, 4) is 0 Å². The lowest BCUT2D eigenvalue weighted by Gasteiger charge is -2.07. The van der Waals surface area contributed by atoms with Gasteiger partial charge in [-0.1, -0.05) is 28.1 Å². The fourth-order valence-electron chi connectivity index (χ4n) is 2.30. The quantitative estimate of drug-likeness (QED) is 0.459. The van der Waals surface area contributed by atoms with Gasteiger partial charge in [0.15, 0.2) is 0 Å². The second-order valence-corrected chi connectivity index (χ2v) is 7.56. The number of nitrogens with one attached hydrogen (secondary N) is 1. The van der Waals surface area contributed by atoms with Crippen molar-refractivity contribution in [2.75, 3.05) is 11.9 Å². The van der Waals surface area contributed by atoms with Gasteiger partial charge in [-0.15, -0.1) is 11.3 Å². The Balaban J connectivity index is 1.63. The van der Waals surface area contributed by atoms with Crippen molar-refractivity contribution in [2.24, 2.45) is 0 Å². The Morgan fingerprint density at radius 3 is 2.77 bits per heavy atom. The molecule has 0 spiro atoms. The van der Waals surface area contributed by atoms with Gasteiger partial charge in [-0.2, -0.15) is 0 Å². The first-order chi connectivity index (χ1) is 10.6. The van der Waals surface area contributed by atoms with Gasteiger partial charge in [0.2, 0.25) is 5.28 Å². The van der Waals surface area contributed by atoms with E-state index in [1.807, 2.05) is 0 Å². The number of thiophene rings is 1. The van der Waals surface area contributed by atoms with Crippen LogP contribution in [-0.4, -0.2) is 16.5 Å². The Labute approximate surface area is 146 Å². The number of halogens is 2. The van der Waals surface area contributed by atoms with Crippen molar-refractivity contribution in [2.45, 2.75) is 19.8 Å². The zero-order valence-corrected chi connectivity index (χ0v) is 15.2. The molecular formula is C16H15BrClN3S. The number of nitrogens with zero attached hydrogens (tertiary/aromatic N) is 2. The molecule has 0 atom stereocenters. The van der Waals surface area contributed by atoms with Crippen LogP contribution in [0, 0.1) is 6.92 Å². The lowest BCUT2D eigenvalue weighted by Crippen LogP contribution is -2.05. The number of benzene rings is 1. The fraction of sp³-hybridized carbons (Fsp3) is 0.250. The molecule has 22 heavy (non-hydrogen) atoms. The van der Waals surface area contributed by atoms with E-state index in [2.05, 4.69) is 68.5 Å². The Morgan fingerprint density at radius 2 is 2.00 bits per heavy atom. The number of anilines is 1. The van der Waals surface area contributed by atoms with E-state index in [1.165, 1.54) is 10.4 Å². The van der Waals surface area contributed by atoms with Crippen LogP contribution in [0.15, 0.2) is 34.8 Å². The van der Waals surface area contributed by atoms with Crippen LogP contribution in [0.1, 0.15) is 16.9 Å². The lowest BCUT2D eigenvalue weighted by atomic mass is 10.1. The first kappa shape index (κ1) is 15.7. The molecule has 0 saturated heterocycles. The van der Waals surface area contributed by atoms with Crippen molar-refractivity contribution in [1.82, 2.24) is 9.97 Å². The Hall–Kier alpha value is -1.17. The third kappa shape index (κ3) is 3.77. The largest absolute Gasteiger partial charge is 0.369 e. The van der Waals surface area contributed by atoms with Gasteiger partial charge >= 0.3 is 0 Å². The van der Waals surface area contributed by atoms with Crippen LogP contribution >= 0.6 is 38.9 Å². The van der Waals surface area contributed by atoms with E-state index in [-0.39, 0.29) is 0 Å². The third-order valence-corrected chi connectivity index (χ3v) is 4.98. The molecule has 0 aliphatic carbocycles. The summed E-state index contributed by atoms with van der Waals surface area (Å²) in [6.07, 6.45) is 2.07. The van der Waals surface area contributed by atoms with Crippen LogP contribution in [-0.2, 0) is 6.42 Å². The summed E-state index contributed by atoms with van der Waals surface area (Å²) in [6, 6.07) is 10.5. The van der Waals surface area contributed by atoms with E-state index < -0.39 is 0 Å². The molecule has 3 nitrogen and oxygen atoms in total. The van der Waals surface area contributed by atoms with Crippen molar-refractivity contribution in [3.63, 3.8) is 0 Å². The summed E-state index contributed by atoms with van der Waals surface area (Å²) in [6.45, 7) is 2.92. The zero-order valence-electron chi connectivity index (χ0n) is 12.1. The predicted octanol–water partition coefficient (Wildman–Crippen LogP) is 5.46. The molecule has 0 radical (unpaired) electrons. The highest BCUT2D eigenvalue weighted by atomic mass is 79.9. The van der Waals surface area contributed by atoms with Crippen LogP contribution in [0.3, 0.4) is 0 Å². The highest BCUT2D eigenvalue weighted by Gasteiger charge is 2.09. The smallest absolute Gasteiger partial charge is 0.225 e. The second-order valence-electron chi connectivity index (χ2n) is 5.07. The summed E-state index contributed by atoms with van der Waals surface area (Å²) in [5.74, 6) is 0.829. The van der Waals surface area contributed by atoms with E-state index >= 15 is 0 Å². The molecule has 2 aromatic heterocycles. The maximum atomic E-state index is 6.00. The van der Waals surface area contributed by atoms with Gasteiger partial charge in [0.05, 0.1) is 5.39 Å². The Kier molecular flexibility index (Phi) is 4.96. The number of aryl methyl sites for hydroxylation is 2. The number of aromatic nitrogens is 2. The molecule has 1 N–H and O–H groups in total. The summed E-state index contributed by atoms with van der Waals surface area (Å²) in [4.78, 5) is 10.7. The minimum atomic E-state index is 0.296. The molecule has 6 heteroatoms. The molecule has 0 saturated carbocycles. The molecule has 0 fully saturated rings. The summed E-state index contributed by atoms with van der Waals surface area (Å²) in [5, 5.41) is 4.73. The van der Waals surface area contributed by atoms with Gasteiger partial charge in [0.1, 0.15) is 10.6 Å². The van der Waals surface area contributed by atoms with Gasteiger partial charge in [-0.05, 0) is 55.1 Å². The minimum Gasteiger partial charge on any atom is -0.369 e. The van der Waals surface area contributed by atoms with Gasteiger partial charge in [-0.3, -0.25) is 0 Å².